The zero-order chi connectivity index (χ0) is 12.5. The number of carbonyl (C=O) groups is 1. The second kappa shape index (κ2) is 7.09. The molecule has 0 saturated carbocycles. The van der Waals surface area contributed by atoms with Crippen molar-refractivity contribution in [1.29, 1.82) is 0 Å². The molecule has 4 nitrogen and oxygen atoms in total. The molecule has 0 heterocycles. The fraction of sp³-hybridized carbons (Fsp3) is 0.154. The zero-order valence-corrected chi connectivity index (χ0v) is 9.47. The minimum atomic E-state index is -0.392. The second-order valence-corrected chi connectivity index (χ2v) is 3.10. The molecular weight excluding hydrogens is 218 g/mol. The van der Waals surface area contributed by atoms with Crippen molar-refractivity contribution >= 4 is 5.91 Å². The van der Waals surface area contributed by atoms with Crippen molar-refractivity contribution in [3.05, 3.63) is 42.0 Å². The maximum absolute atomic E-state index is 11.1. The lowest BCUT2D eigenvalue weighted by Crippen LogP contribution is -2.21. The van der Waals surface area contributed by atoms with Crippen LogP contribution in [0, 0.1) is 12.3 Å². The van der Waals surface area contributed by atoms with E-state index in [9.17, 15) is 4.79 Å². The van der Waals surface area contributed by atoms with E-state index in [4.69, 9.17) is 16.0 Å². The lowest BCUT2D eigenvalue weighted by molar-refractivity contribution is -0.129. The molecule has 1 aromatic rings. The van der Waals surface area contributed by atoms with Crippen LogP contribution in [0.25, 0.3) is 0 Å². The molecule has 1 N–H and O–H groups in total. The molecule has 0 aliphatic rings. The van der Waals surface area contributed by atoms with Crippen LogP contribution in [0.1, 0.15) is 5.56 Å². The van der Waals surface area contributed by atoms with E-state index in [0.29, 0.717) is 0 Å². The van der Waals surface area contributed by atoms with Crippen LogP contribution in [0.3, 0.4) is 0 Å². The Labute approximate surface area is 100 Å². The average molecular weight is 231 g/mol. The van der Waals surface area contributed by atoms with Gasteiger partial charge in [-0.2, -0.15) is 0 Å². The summed E-state index contributed by atoms with van der Waals surface area (Å²) in [5.74, 6) is 2.59. The average Bonchev–Trinajstić information content (AvgIpc) is 2.37. The molecule has 17 heavy (non-hydrogen) atoms. The topological polar surface area (TPSA) is 47.6 Å². The highest BCUT2D eigenvalue weighted by atomic mass is 16.6. The van der Waals surface area contributed by atoms with Gasteiger partial charge < -0.3 is 4.74 Å². The van der Waals surface area contributed by atoms with Crippen molar-refractivity contribution in [2.24, 2.45) is 0 Å². The van der Waals surface area contributed by atoms with E-state index in [2.05, 4.69) is 11.4 Å². The van der Waals surface area contributed by atoms with Crippen molar-refractivity contribution in [2.75, 3.05) is 7.11 Å². The number of terminal acetylenes is 1. The molecule has 0 fully saturated rings. The van der Waals surface area contributed by atoms with E-state index in [1.54, 1.807) is 7.11 Å². The molecule has 88 valence electrons. The molecule has 0 atom stereocenters. The molecule has 0 spiro atoms. The van der Waals surface area contributed by atoms with Crippen LogP contribution in [0.5, 0.6) is 5.75 Å². The maximum atomic E-state index is 11.1. The van der Waals surface area contributed by atoms with Crippen molar-refractivity contribution < 1.29 is 14.4 Å². The van der Waals surface area contributed by atoms with Crippen LogP contribution in [0.2, 0.25) is 0 Å². The standard InChI is InChI=1S/C13H13NO3/c1-3-4-5-13(15)14-17-10-11-6-8-12(16-2)9-7-11/h1,4-9H,10H2,2H3,(H,14,15)/b5-4+. The number of rotatable bonds is 5. The van der Waals surface area contributed by atoms with Gasteiger partial charge in [-0.1, -0.05) is 18.1 Å². The smallest absolute Gasteiger partial charge is 0.268 e. The largest absolute Gasteiger partial charge is 0.497 e. The summed E-state index contributed by atoms with van der Waals surface area (Å²) in [6.45, 7) is 0.277. The number of nitrogens with one attached hydrogen (secondary N) is 1. The molecule has 0 aromatic heterocycles. The summed E-state index contributed by atoms with van der Waals surface area (Å²) in [6, 6.07) is 7.34. The maximum Gasteiger partial charge on any atom is 0.268 e. The third-order valence-electron chi connectivity index (χ3n) is 1.90. The van der Waals surface area contributed by atoms with Gasteiger partial charge in [-0.3, -0.25) is 9.63 Å². The van der Waals surface area contributed by atoms with Crippen LogP contribution >= 0.6 is 0 Å². The minimum Gasteiger partial charge on any atom is -0.497 e. The minimum absolute atomic E-state index is 0.277. The van der Waals surface area contributed by atoms with Gasteiger partial charge in [0.05, 0.1) is 13.7 Å². The quantitative estimate of drug-likeness (QED) is 0.474. The summed E-state index contributed by atoms with van der Waals surface area (Å²) in [6.07, 6.45) is 7.47. The summed E-state index contributed by atoms with van der Waals surface area (Å²) in [7, 11) is 1.60. The summed E-state index contributed by atoms with van der Waals surface area (Å²) in [5.41, 5.74) is 3.17. The molecule has 0 aliphatic carbocycles. The number of amides is 1. The summed E-state index contributed by atoms with van der Waals surface area (Å²) >= 11 is 0. The molecule has 1 aromatic carbocycles. The highest BCUT2D eigenvalue weighted by Gasteiger charge is 1.97. The van der Waals surface area contributed by atoms with Crippen molar-refractivity contribution in [3.63, 3.8) is 0 Å². The third-order valence-corrected chi connectivity index (χ3v) is 1.90. The van der Waals surface area contributed by atoms with Gasteiger partial charge in [0.2, 0.25) is 0 Å². The van der Waals surface area contributed by atoms with Crippen LogP contribution in [0.4, 0.5) is 0 Å². The van der Waals surface area contributed by atoms with Crippen molar-refractivity contribution in [3.8, 4) is 18.1 Å². The Morgan fingerprint density at radius 2 is 2.18 bits per heavy atom. The van der Waals surface area contributed by atoms with Crippen molar-refractivity contribution in [2.45, 2.75) is 6.61 Å². The number of ether oxygens (including phenoxy) is 1. The fourth-order valence-corrected chi connectivity index (χ4v) is 1.07. The fourth-order valence-electron chi connectivity index (χ4n) is 1.07. The van der Waals surface area contributed by atoms with Gasteiger partial charge >= 0.3 is 0 Å². The Kier molecular flexibility index (Phi) is 5.35. The van der Waals surface area contributed by atoms with E-state index < -0.39 is 5.91 Å². The Morgan fingerprint density at radius 3 is 2.76 bits per heavy atom. The van der Waals surface area contributed by atoms with Gasteiger partial charge in [-0.15, -0.1) is 6.42 Å². The van der Waals surface area contributed by atoms with Gasteiger partial charge in [0, 0.05) is 6.08 Å². The van der Waals surface area contributed by atoms with E-state index in [1.165, 1.54) is 12.2 Å². The normalized spacial score (nSPS) is 9.88. The zero-order valence-electron chi connectivity index (χ0n) is 9.47. The van der Waals surface area contributed by atoms with Gasteiger partial charge in [0.25, 0.3) is 5.91 Å². The molecule has 0 saturated heterocycles. The van der Waals surface area contributed by atoms with Crippen LogP contribution in [-0.4, -0.2) is 13.0 Å². The first-order chi connectivity index (χ1) is 8.26. The second-order valence-electron chi connectivity index (χ2n) is 3.10. The van der Waals surface area contributed by atoms with Gasteiger partial charge in [-0.05, 0) is 23.8 Å². The van der Waals surface area contributed by atoms with Gasteiger partial charge in [0.1, 0.15) is 5.75 Å². The lowest BCUT2D eigenvalue weighted by atomic mass is 10.2. The number of hydroxylamine groups is 1. The number of benzene rings is 1. The van der Waals surface area contributed by atoms with Crippen LogP contribution in [0.15, 0.2) is 36.4 Å². The first kappa shape index (κ1) is 12.8. The van der Waals surface area contributed by atoms with Crippen molar-refractivity contribution in [1.82, 2.24) is 5.48 Å². The first-order valence-electron chi connectivity index (χ1n) is 4.93. The Hall–Kier alpha value is -2.25. The van der Waals surface area contributed by atoms with E-state index in [-0.39, 0.29) is 6.61 Å². The Balaban J connectivity index is 2.33. The lowest BCUT2D eigenvalue weighted by Gasteiger charge is -2.04. The summed E-state index contributed by atoms with van der Waals surface area (Å²) < 4.78 is 5.02. The highest BCUT2D eigenvalue weighted by molar-refractivity contribution is 5.87. The monoisotopic (exact) mass is 231 g/mol. The molecule has 0 radical (unpaired) electrons. The number of carbonyl (C=O) groups excluding carboxylic acids is 1. The Bertz CT molecular complexity index is 429. The predicted octanol–water partition coefficient (Wildman–Crippen LogP) is 1.43. The number of allylic oxidation sites excluding steroid dienone is 1. The Morgan fingerprint density at radius 1 is 1.47 bits per heavy atom. The van der Waals surface area contributed by atoms with Gasteiger partial charge in [0.15, 0.2) is 0 Å². The molecule has 1 rings (SSSR count). The number of hydrogen-bond acceptors (Lipinski definition) is 3. The molecular formula is C13H13NO3. The molecule has 4 heteroatoms. The molecule has 0 aliphatic heterocycles. The van der Waals surface area contributed by atoms with Gasteiger partial charge in [-0.25, -0.2) is 5.48 Å². The first-order valence-corrected chi connectivity index (χ1v) is 4.93. The summed E-state index contributed by atoms with van der Waals surface area (Å²) in [4.78, 5) is 16.0. The molecule has 0 bridgehead atoms. The van der Waals surface area contributed by atoms with Crippen LogP contribution in [-0.2, 0) is 16.2 Å². The predicted molar refractivity (Wildman–Crippen MR) is 63.9 cm³/mol. The SMILES string of the molecule is C#C/C=C/C(=O)NOCc1ccc(OC)cc1. The third kappa shape index (κ3) is 4.87. The van der Waals surface area contributed by atoms with E-state index in [1.807, 2.05) is 24.3 Å². The number of methoxy groups -OCH3 is 1. The number of hydrogen-bond donors (Lipinski definition) is 1. The van der Waals surface area contributed by atoms with E-state index in [0.717, 1.165) is 11.3 Å². The van der Waals surface area contributed by atoms with E-state index >= 15 is 0 Å². The highest BCUT2D eigenvalue weighted by Crippen LogP contribution is 2.11. The van der Waals surface area contributed by atoms with Crippen LogP contribution < -0.4 is 10.2 Å². The molecule has 0 unspecified atom stereocenters. The molecule has 1 amide bonds. The summed E-state index contributed by atoms with van der Waals surface area (Å²) in [5, 5.41) is 0.